The number of likely N-dealkylation sites (tertiary alicyclic amines) is 1. The summed E-state index contributed by atoms with van der Waals surface area (Å²) in [5.41, 5.74) is 1.32. The van der Waals surface area contributed by atoms with Crippen LogP contribution in [0.15, 0.2) is 34.7 Å². The summed E-state index contributed by atoms with van der Waals surface area (Å²) in [5.74, 6) is 0.492. The summed E-state index contributed by atoms with van der Waals surface area (Å²) in [7, 11) is 1.61. The Bertz CT molecular complexity index is 594. The number of rotatable bonds is 7. The van der Waals surface area contributed by atoms with E-state index in [9.17, 15) is 0 Å². The quantitative estimate of drug-likeness (QED) is 0.841. The summed E-state index contributed by atoms with van der Waals surface area (Å²) >= 11 is 0. The Balaban J connectivity index is 1.69. The molecule has 0 radical (unpaired) electrons. The van der Waals surface area contributed by atoms with Crippen LogP contribution < -0.4 is 5.32 Å². The molecule has 0 saturated carbocycles. The molecule has 1 fully saturated rings. The Morgan fingerprint density at radius 2 is 1.88 bits per heavy atom. The zero-order chi connectivity index (χ0) is 16.6. The van der Waals surface area contributed by atoms with Gasteiger partial charge in [0.15, 0.2) is 0 Å². The van der Waals surface area contributed by atoms with Crippen LogP contribution in [0.1, 0.15) is 43.2 Å². The van der Waals surface area contributed by atoms with Crippen molar-refractivity contribution in [3.63, 3.8) is 0 Å². The van der Waals surface area contributed by atoms with Crippen molar-refractivity contribution in [1.29, 1.82) is 0 Å². The molecule has 2 aromatic rings. The zero-order valence-electron chi connectivity index (χ0n) is 14.3. The fraction of sp³-hybridized carbons (Fsp3) is 0.556. The van der Waals surface area contributed by atoms with Crippen molar-refractivity contribution in [3.8, 4) is 0 Å². The molecule has 0 aliphatic carbocycles. The SMILES string of the molecule is COCc1nnc(NCC(c2ccccc2)N2CCCCCC2)o1. The van der Waals surface area contributed by atoms with Crippen LogP contribution in [-0.2, 0) is 11.3 Å². The van der Waals surface area contributed by atoms with Gasteiger partial charge in [0.1, 0.15) is 6.61 Å². The number of ether oxygens (including phenoxy) is 1. The van der Waals surface area contributed by atoms with Crippen molar-refractivity contribution in [2.24, 2.45) is 0 Å². The van der Waals surface area contributed by atoms with Gasteiger partial charge in [0.2, 0.25) is 5.89 Å². The molecule has 0 amide bonds. The summed E-state index contributed by atoms with van der Waals surface area (Å²) in [6.07, 6.45) is 5.19. The molecule has 0 bridgehead atoms. The minimum absolute atomic E-state index is 0.307. The van der Waals surface area contributed by atoms with Crippen LogP contribution in [0.4, 0.5) is 6.01 Å². The van der Waals surface area contributed by atoms with E-state index in [2.05, 4.69) is 50.7 Å². The predicted octanol–water partition coefficient (Wildman–Crippen LogP) is 3.25. The topological polar surface area (TPSA) is 63.4 Å². The van der Waals surface area contributed by atoms with Gasteiger partial charge in [0.05, 0.1) is 6.04 Å². The third-order valence-electron chi connectivity index (χ3n) is 4.45. The van der Waals surface area contributed by atoms with Crippen LogP contribution in [0, 0.1) is 0 Å². The van der Waals surface area contributed by atoms with Gasteiger partial charge in [-0.25, -0.2) is 0 Å². The number of benzene rings is 1. The number of anilines is 1. The molecule has 1 aromatic heterocycles. The third kappa shape index (κ3) is 4.55. The van der Waals surface area contributed by atoms with Gasteiger partial charge in [0.25, 0.3) is 0 Å². The molecule has 2 heterocycles. The first kappa shape index (κ1) is 16.9. The second-order valence-corrected chi connectivity index (χ2v) is 6.19. The molecule has 130 valence electrons. The Kier molecular flexibility index (Phi) is 6.20. The number of hydrogen-bond acceptors (Lipinski definition) is 6. The van der Waals surface area contributed by atoms with Crippen LogP contribution in [0.5, 0.6) is 0 Å². The van der Waals surface area contributed by atoms with Crippen molar-refractivity contribution in [1.82, 2.24) is 15.1 Å². The summed E-state index contributed by atoms with van der Waals surface area (Å²) in [5, 5.41) is 11.3. The van der Waals surface area contributed by atoms with Crippen LogP contribution in [0.3, 0.4) is 0 Å². The van der Waals surface area contributed by atoms with Crippen molar-refractivity contribution in [2.45, 2.75) is 38.3 Å². The van der Waals surface area contributed by atoms with E-state index in [0.717, 1.165) is 19.6 Å². The maximum Gasteiger partial charge on any atom is 0.315 e. The minimum atomic E-state index is 0.307. The van der Waals surface area contributed by atoms with Crippen LogP contribution in [0.25, 0.3) is 0 Å². The first-order valence-corrected chi connectivity index (χ1v) is 8.71. The summed E-state index contributed by atoms with van der Waals surface area (Å²) < 4.78 is 10.6. The molecule has 1 aliphatic heterocycles. The highest BCUT2D eigenvalue weighted by molar-refractivity contribution is 5.24. The Labute approximate surface area is 143 Å². The van der Waals surface area contributed by atoms with Gasteiger partial charge in [-0.3, -0.25) is 4.90 Å². The molecule has 1 aliphatic rings. The second-order valence-electron chi connectivity index (χ2n) is 6.19. The second kappa shape index (κ2) is 8.80. The monoisotopic (exact) mass is 330 g/mol. The average molecular weight is 330 g/mol. The Hall–Kier alpha value is -1.92. The lowest BCUT2D eigenvalue weighted by Crippen LogP contribution is -2.34. The van der Waals surface area contributed by atoms with Crippen LogP contribution in [0.2, 0.25) is 0 Å². The fourth-order valence-electron chi connectivity index (χ4n) is 3.23. The number of methoxy groups -OCH3 is 1. The molecule has 6 nitrogen and oxygen atoms in total. The van der Waals surface area contributed by atoms with E-state index in [0.29, 0.717) is 24.6 Å². The third-order valence-corrected chi connectivity index (χ3v) is 4.45. The van der Waals surface area contributed by atoms with Gasteiger partial charge in [-0.05, 0) is 31.5 Å². The first-order valence-electron chi connectivity index (χ1n) is 8.71. The maximum absolute atomic E-state index is 5.55. The molecule has 6 heteroatoms. The summed E-state index contributed by atoms with van der Waals surface area (Å²) in [6, 6.07) is 11.4. The molecular weight excluding hydrogens is 304 g/mol. The largest absolute Gasteiger partial charge is 0.406 e. The molecule has 1 N–H and O–H groups in total. The standard InChI is InChI=1S/C18H26N4O2/c1-23-14-17-20-21-18(24-17)19-13-16(15-9-5-4-6-10-15)22-11-7-2-3-8-12-22/h4-6,9-10,16H,2-3,7-8,11-14H2,1H3,(H,19,21). The zero-order valence-corrected chi connectivity index (χ0v) is 14.3. The Morgan fingerprint density at radius 3 is 2.58 bits per heavy atom. The summed E-state index contributed by atoms with van der Waals surface area (Å²) in [4.78, 5) is 2.57. The van der Waals surface area contributed by atoms with Gasteiger partial charge >= 0.3 is 6.01 Å². The van der Waals surface area contributed by atoms with Crippen LogP contribution in [-0.4, -0.2) is 41.8 Å². The fourth-order valence-corrected chi connectivity index (χ4v) is 3.23. The van der Waals surface area contributed by atoms with E-state index in [4.69, 9.17) is 9.15 Å². The molecule has 1 aromatic carbocycles. The highest BCUT2D eigenvalue weighted by atomic mass is 16.5. The average Bonchev–Trinajstić information content (AvgIpc) is 2.89. The van der Waals surface area contributed by atoms with Gasteiger partial charge in [-0.1, -0.05) is 48.3 Å². The number of hydrogen-bond donors (Lipinski definition) is 1. The van der Waals surface area contributed by atoms with Crippen molar-refractivity contribution in [2.75, 3.05) is 32.1 Å². The van der Waals surface area contributed by atoms with Crippen LogP contribution >= 0.6 is 0 Å². The van der Waals surface area contributed by atoms with Gasteiger partial charge in [0, 0.05) is 13.7 Å². The van der Waals surface area contributed by atoms with Crippen molar-refractivity contribution in [3.05, 3.63) is 41.8 Å². The molecule has 1 saturated heterocycles. The van der Waals surface area contributed by atoms with E-state index in [-0.39, 0.29) is 0 Å². The first-order chi connectivity index (χ1) is 11.9. The molecular formula is C18H26N4O2. The predicted molar refractivity (Wildman–Crippen MR) is 92.7 cm³/mol. The smallest absolute Gasteiger partial charge is 0.315 e. The summed E-state index contributed by atoms with van der Waals surface area (Å²) in [6.45, 7) is 3.36. The van der Waals surface area contributed by atoms with Gasteiger partial charge in [-0.2, -0.15) is 0 Å². The highest BCUT2D eigenvalue weighted by Gasteiger charge is 2.22. The van der Waals surface area contributed by atoms with Gasteiger partial charge in [-0.15, -0.1) is 5.10 Å². The maximum atomic E-state index is 5.55. The molecule has 0 spiro atoms. The van der Waals surface area contributed by atoms with E-state index < -0.39 is 0 Å². The van der Waals surface area contributed by atoms with Gasteiger partial charge < -0.3 is 14.5 Å². The molecule has 3 rings (SSSR count). The number of aromatic nitrogens is 2. The normalized spacial score (nSPS) is 17.4. The molecule has 1 atom stereocenters. The lowest BCUT2D eigenvalue weighted by molar-refractivity contribution is 0.160. The molecule has 1 unspecified atom stereocenters. The lowest BCUT2D eigenvalue weighted by Gasteiger charge is -2.31. The molecule has 24 heavy (non-hydrogen) atoms. The van der Waals surface area contributed by atoms with E-state index >= 15 is 0 Å². The Morgan fingerprint density at radius 1 is 1.12 bits per heavy atom. The number of nitrogens with one attached hydrogen (secondary N) is 1. The lowest BCUT2D eigenvalue weighted by atomic mass is 10.0. The van der Waals surface area contributed by atoms with E-state index in [1.807, 2.05) is 0 Å². The van der Waals surface area contributed by atoms with E-state index in [1.165, 1.54) is 31.2 Å². The highest BCUT2D eigenvalue weighted by Crippen LogP contribution is 2.24. The minimum Gasteiger partial charge on any atom is -0.406 e. The van der Waals surface area contributed by atoms with E-state index in [1.54, 1.807) is 7.11 Å². The number of nitrogens with zero attached hydrogens (tertiary/aromatic N) is 3. The van der Waals surface area contributed by atoms with Crippen molar-refractivity contribution < 1.29 is 9.15 Å². The van der Waals surface area contributed by atoms with Crippen molar-refractivity contribution >= 4 is 6.01 Å².